The molecule has 0 rings (SSSR count). The maximum Gasteiger partial charge on any atom is 0.421 e. The van der Waals surface area contributed by atoms with Crippen LogP contribution in [0.3, 0.4) is 0 Å². The van der Waals surface area contributed by atoms with Crippen LogP contribution in [0.4, 0.5) is 0 Å². The van der Waals surface area contributed by atoms with Gasteiger partial charge in [0.25, 0.3) is 0 Å². The van der Waals surface area contributed by atoms with Gasteiger partial charge in [-0.15, -0.1) is 0 Å². The molecule has 0 aliphatic heterocycles. The second-order valence-corrected chi connectivity index (χ2v) is 8.91. The molecule has 5 heteroatoms. The largest absolute Gasteiger partial charge is 0.421 e. The van der Waals surface area contributed by atoms with Gasteiger partial charge in [-0.05, 0) is 19.3 Å². The van der Waals surface area contributed by atoms with Gasteiger partial charge < -0.3 is 0 Å². The zero-order chi connectivity index (χ0) is 15.1. The quantitative estimate of drug-likeness (QED) is 0.266. The highest BCUT2D eigenvalue weighted by Crippen LogP contribution is 2.69. The molecule has 0 heterocycles. The molecule has 0 aliphatic rings. The van der Waals surface area contributed by atoms with E-state index < -0.39 is 7.63 Å². The average Bonchev–Trinajstić information content (AvgIpc) is 2.45. The molecule has 0 aromatic rings. The van der Waals surface area contributed by atoms with Crippen molar-refractivity contribution in [3.05, 3.63) is 0 Å². The van der Waals surface area contributed by atoms with Crippen LogP contribution < -0.4 is 0 Å². The van der Waals surface area contributed by atoms with Crippen LogP contribution in [0, 0.1) is 0 Å². The van der Waals surface area contributed by atoms with Gasteiger partial charge in [0, 0.05) is 0 Å². The fourth-order valence-electron chi connectivity index (χ4n) is 1.74. The van der Waals surface area contributed by atoms with E-state index in [4.69, 9.17) is 13.6 Å². The molecule has 0 aromatic carbocycles. The number of rotatable bonds is 15. The van der Waals surface area contributed by atoms with Crippen molar-refractivity contribution in [3.63, 3.8) is 0 Å². The SMILES string of the molecule is CCCCCO[P+](P)(OCCCCC)OCCCCC. The van der Waals surface area contributed by atoms with Crippen LogP contribution in [0.5, 0.6) is 0 Å². The molecule has 0 saturated heterocycles. The third-order valence-electron chi connectivity index (χ3n) is 3.06. The van der Waals surface area contributed by atoms with Crippen LogP contribution >= 0.6 is 16.6 Å². The molecule has 0 radical (unpaired) electrons. The van der Waals surface area contributed by atoms with Gasteiger partial charge in [-0.1, -0.05) is 59.3 Å². The van der Waals surface area contributed by atoms with Crippen LogP contribution in [0.1, 0.15) is 78.6 Å². The van der Waals surface area contributed by atoms with Crippen molar-refractivity contribution in [2.75, 3.05) is 19.8 Å². The summed E-state index contributed by atoms with van der Waals surface area (Å²) in [6, 6.07) is 0. The lowest BCUT2D eigenvalue weighted by Gasteiger charge is -2.18. The monoisotopic (exact) mass is 325 g/mol. The van der Waals surface area contributed by atoms with Crippen molar-refractivity contribution >= 4 is 16.6 Å². The average molecular weight is 325 g/mol. The molecule has 122 valence electrons. The molecule has 0 aromatic heterocycles. The zero-order valence-electron chi connectivity index (χ0n) is 13.7. The second kappa shape index (κ2) is 14.7. The summed E-state index contributed by atoms with van der Waals surface area (Å²) in [6.45, 7) is 8.83. The summed E-state index contributed by atoms with van der Waals surface area (Å²) in [5.41, 5.74) is 0. The summed E-state index contributed by atoms with van der Waals surface area (Å²) in [7, 11) is 0.545. The molecule has 0 N–H and O–H groups in total. The van der Waals surface area contributed by atoms with Crippen molar-refractivity contribution in [1.82, 2.24) is 0 Å². The molecule has 0 bridgehead atoms. The van der Waals surface area contributed by atoms with Crippen molar-refractivity contribution < 1.29 is 13.6 Å². The Labute approximate surface area is 129 Å². The van der Waals surface area contributed by atoms with Crippen LogP contribution in [-0.2, 0) is 13.6 Å². The Bertz CT molecular complexity index is 172. The number of hydrogen-bond acceptors (Lipinski definition) is 3. The first-order chi connectivity index (χ1) is 9.68. The highest BCUT2D eigenvalue weighted by molar-refractivity contribution is 8.16. The summed E-state index contributed by atoms with van der Waals surface area (Å²) in [5, 5.41) is 0. The summed E-state index contributed by atoms with van der Waals surface area (Å²) >= 11 is 0. The lowest BCUT2D eigenvalue weighted by Crippen LogP contribution is -2.05. The number of unbranched alkanes of at least 4 members (excludes halogenated alkanes) is 6. The van der Waals surface area contributed by atoms with Crippen molar-refractivity contribution in [1.29, 1.82) is 0 Å². The topological polar surface area (TPSA) is 27.7 Å². The van der Waals surface area contributed by atoms with E-state index in [9.17, 15) is 0 Å². The van der Waals surface area contributed by atoms with Gasteiger partial charge in [-0.3, -0.25) is 0 Å². The van der Waals surface area contributed by atoms with E-state index in [0.29, 0.717) is 0 Å². The fraction of sp³-hybridized carbons (Fsp3) is 1.00. The van der Waals surface area contributed by atoms with E-state index in [1.807, 2.05) is 0 Å². The van der Waals surface area contributed by atoms with E-state index in [1.54, 1.807) is 0 Å². The Morgan fingerprint density at radius 1 is 0.600 bits per heavy atom. The lowest BCUT2D eigenvalue weighted by atomic mass is 10.3. The van der Waals surface area contributed by atoms with Gasteiger partial charge >= 0.3 is 7.63 Å². The molecule has 20 heavy (non-hydrogen) atoms. The fourth-order valence-corrected chi connectivity index (χ4v) is 4.07. The van der Waals surface area contributed by atoms with Crippen LogP contribution in [0.25, 0.3) is 0 Å². The van der Waals surface area contributed by atoms with Crippen LogP contribution in [-0.4, -0.2) is 19.8 Å². The first kappa shape index (κ1) is 20.7. The Balaban J connectivity index is 3.98. The lowest BCUT2D eigenvalue weighted by molar-refractivity contribution is 0.147. The van der Waals surface area contributed by atoms with Gasteiger partial charge in [0.1, 0.15) is 8.93 Å². The molecule has 0 aliphatic carbocycles. The summed E-state index contributed by atoms with van der Waals surface area (Å²) in [4.78, 5) is 0. The van der Waals surface area contributed by atoms with Crippen LogP contribution in [0.15, 0.2) is 0 Å². The molecule has 0 saturated carbocycles. The van der Waals surface area contributed by atoms with Crippen LogP contribution in [0.2, 0.25) is 0 Å². The molecule has 0 amide bonds. The predicted molar refractivity (Wildman–Crippen MR) is 93.1 cm³/mol. The van der Waals surface area contributed by atoms with Gasteiger partial charge in [-0.25, -0.2) is 0 Å². The molecular formula is C15H35O3P2+. The summed E-state index contributed by atoms with van der Waals surface area (Å²) < 4.78 is 17.8. The molecule has 0 spiro atoms. The molecule has 1 unspecified atom stereocenters. The van der Waals surface area contributed by atoms with Crippen molar-refractivity contribution in [2.24, 2.45) is 0 Å². The van der Waals surface area contributed by atoms with E-state index in [2.05, 4.69) is 29.7 Å². The highest BCUT2D eigenvalue weighted by Gasteiger charge is 2.38. The van der Waals surface area contributed by atoms with Gasteiger partial charge in [0.2, 0.25) is 0 Å². The maximum atomic E-state index is 5.92. The normalized spacial score (nSPS) is 12.0. The first-order valence-corrected chi connectivity index (χ1v) is 11.5. The second-order valence-electron chi connectivity index (χ2n) is 5.16. The van der Waals surface area contributed by atoms with E-state index >= 15 is 0 Å². The summed E-state index contributed by atoms with van der Waals surface area (Å²) in [5.74, 6) is 0. The maximum absolute atomic E-state index is 5.92. The summed E-state index contributed by atoms with van der Waals surface area (Å²) in [6.07, 6.45) is 10.5. The minimum absolute atomic E-state index is 0.743. The molecule has 3 nitrogen and oxygen atoms in total. The minimum Gasteiger partial charge on any atom is -0.177 e. The molecule has 0 fully saturated rings. The first-order valence-electron chi connectivity index (χ1n) is 8.29. The van der Waals surface area contributed by atoms with E-state index in [0.717, 1.165) is 39.1 Å². The standard InChI is InChI=1S/C15H35O3P2/c1-4-7-10-13-16-20(19,17-14-11-8-5-2)18-15-12-9-6-3/h4-15,19H2,1-3H3/q+1. The van der Waals surface area contributed by atoms with E-state index in [-0.39, 0.29) is 0 Å². The Morgan fingerprint density at radius 2 is 0.900 bits per heavy atom. The van der Waals surface area contributed by atoms with Gasteiger partial charge in [-0.2, -0.15) is 13.6 Å². The molecular weight excluding hydrogens is 290 g/mol. The third kappa shape index (κ3) is 12.5. The highest BCUT2D eigenvalue weighted by atomic mass is 32.1. The van der Waals surface area contributed by atoms with Crippen molar-refractivity contribution in [2.45, 2.75) is 78.6 Å². The van der Waals surface area contributed by atoms with Gasteiger partial charge in [0.05, 0.1) is 19.8 Å². The predicted octanol–water partition coefficient (Wildman–Crippen LogP) is 6.16. The Morgan fingerprint density at radius 3 is 1.15 bits per heavy atom. The number of hydrogen-bond donors (Lipinski definition) is 0. The minimum atomic E-state index is -2.17. The smallest absolute Gasteiger partial charge is 0.177 e. The van der Waals surface area contributed by atoms with Gasteiger partial charge in [0.15, 0.2) is 0 Å². The third-order valence-corrected chi connectivity index (χ3v) is 6.03. The van der Waals surface area contributed by atoms with E-state index in [1.165, 1.54) is 38.5 Å². The Kier molecular flexibility index (Phi) is 15.2. The van der Waals surface area contributed by atoms with Crippen molar-refractivity contribution in [3.8, 4) is 0 Å². The Hall–Kier alpha value is 0.740. The molecule has 1 atom stereocenters. The zero-order valence-corrected chi connectivity index (χ0v) is 15.8.